The average molecular weight is 276 g/mol. The third-order valence-corrected chi connectivity index (χ3v) is 4.24. The van der Waals surface area contributed by atoms with Gasteiger partial charge in [-0.05, 0) is 36.0 Å². The molecule has 0 amide bonds. The minimum atomic E-state index is -0.301. The van der Waals surface area contributed by atoms with Gasteiger partial charge in [0.1, 0.15) is 5.75 Å². The summed E-state index contributed by atoms with van der Waals surface area (Å²) in [6.07, 6.45) is 1.85. The number of hydrogen-bond acceptors (Lipinski definition) is 2. The first-order valence-corrected chi connectivity index (χ1v) is 7.27. The van der Waals surface area contributed by atoms with Crippen molar-refractivity contribution >= 4 is 5.84 Å². The average Bonchev–Trinajstić information content (AvgIpc) is 2.39. The topological polar surface area (TPSA) is 59.1 Å². The molecule has 0 aliphatic carbocycles. The Labute approximate surface area is 123 Å². The van der Waals surface area contributed by atoms with E-state index in [9.17, 15) is 0 Å². The van der Waals surface area contributed by atoms with Crippen LogP contribution in [0.15, 0.2) is 24.3 Å². The van der Waals surface area contributed by atoms with Crippen molar-refractivity contribution in [1.29, 1.82) is 5.41 Å². The summed E-state index contributed by atoms with van der Waals surface area (Å²) in [6.45, 7) is 11.2. The molecule has 3 N–H and O–H groups in total. The molecular weight excluding hydrogens is 248 g/mol. The minimum Gasteiger partial charge on any atom is -0.494 e. The zero-order chi connectivity index (χ0) is 15.4. The maximum Gasteiger partial charge on any atom is 0.119 e. The van der Waals surface area contributed by atoms with Crippen LogP contribution in [0.3, 0.4) is 0 Å². The van der Waals surface area contributed by atoms with Crippen molar-refractivity contribution in [2.24, 2.45) is 11.1 Å². The van der Waals surface area contributed by atoms with Crippen molar-refractivity contribution in [2.45, 2.75) is 52.9 Å². The van der Waals surface area contributed by atoms with Crippen molar-refractivity contribution in [3.8, 4) is 5.75 Å². The largest absolute Gasteiger partial charge is 0.494 e. The molecule has 0 saturated carbocycles. The van der Waals surface area contributed by atoms with Crippen LogP contribution in [0.1, 0.15) is 53.0 Å². The summed E-state index contributed by atoms with van der Waals surface area (Å²) in [5, 5.41) is 7.52. The molecule has 0 spiro atoms. The first kappa shape index (κ1) is 16.5. The summed E-state index contributed by atoms with van der Waals surface area (Å²) in [5.41, 5.74) is 6.79. The summed E-state index contributed by atoms with van der Waals surface area (Å²) in [6, 6.07) is 8.31. The molecule has 3 nitrogen and oxygen atoms in total. The van der Waals surface area contributed by atoms with Crippen molar-refractivity contribution in [3.05, 3.63) is 29.8 Å². The normalized spacial score (nSPS) is 12.2. The Hall–Kier alpha value is -1.51. The molecular formula is C17H28N2O. The van der Waals surface area contributed by atoms with Gasteiger partial charge in [-0.25, -0.2) is 0 Å². The van der Waals surface area contributed by atoms with Gasteiger partial charge in [0.15, 0.2) is 0 Å². The van der Waals surface area contributed by atoms with E-state index in [1.807, 2.05) is 26.0 Å². The molecule has 0 aliphatic rings. The Bertz CT molecular complexity index is 447. The molecule has 20 heavy (non-hydrogen) atoms. The number of nitrogens with two attached hydrogens (primary N) is 1. The van der Waals surface area contributed by atoms with Gasteiger partial charge < -0.3 is 10.5 Å². The second-order valence-corrected chi connectivity index (χ2v) is 6.66. The summed E-state index contributed by atoms with van der Waals surface area (Å²) in [7, 11) is 0. The zero-order valence-corrected chi connectivity index (χ0v) is 13.4. The lowest BCUT2D eigenvalue weighted by atomic mass is 9.82. The van der Waals surface area contributed by atoms with E-state index in [2.05, 4.69) is 32.9 Å². The van der Waals surface area contributed by atoms with Gasteiger partial charge in [-0.3, -0.25) is 5.41 Å². The molecule has 0 radical (unpaired) electrons. The summed E-state index contributed by atoms with van der Waals surface area (Å²) < 4.78 is 5.74. The lowest BCUT2D eigenvalue weighted by Gasteiger charge is -2.24. The maximum atomic E-state index is 7.52. The quantitative estimate of drug-likeness (QED) is 0.581. The molecule has 1 aromatic rings. The third-order valence-electron chi connectivity index (χ3n) is 4.24. The first-order chi connectivity index (χ1) is 9.19. The number of rotatable bonds is 7. The highest BCUT2D eigenvalue weighted by molar-refractivity contribution is 5.82. The molecule has 1 rings (SSSR count). The van der Waals surface area contributed by atoms with Crippen LogP contribution in [0.4, 0.5) is 0 Å². The Kier molecular flexibility index (Phi) is 5.21. The van der Waals surface area contributed by atoms with Gasteiger partial charge in [0.25, 0.3) is 0 Å². The molecule has 1 aromatic carbocycles. The Morgan fingerprint density at radius 2 is 1.70 bits per heavy atom. The highest BCUT2D eigenvalue weighted by Crippen LogP contribution is 2.28. The van der Waals surface area contributed by atoms with E-state index in [1.54, 1.807) is 0 Å². The van der Waals surface area contributed by atoms with E-state index in [4.69, 9.17) is 15.9 Å². The molecule has 112 valence electrons. The Morgan fingerprint density at radius 1 is 1.15 bits per heavy atom. The van der Waals surface area contributed by atoms with Crippen LogP contribution in [-0.2, 0) is 5.41 Å². The van der Waals surface area contributed by atoms with Gasteiger partial charge in [-0.2, -0.15) is 0 Å². The fourth-order valence-corrected chi connectivity index (χ4v) is 1.77. The summed E-state index contributed by atoms with van der Waals surface area (Å²) >= 11 is 0. The van der Waals surface area contributed by atoms with Gasteiger partial charge in [0.05, 0.1) is 12.4 Å². The number of benzene rings is 1. The molecule has 0 atom stereocenters. The van der Waals surface area contributed by atoms with Crippen LogP contribution >= 0.6 is 0 Å². The first-order valence-electron chi connectivity index (χ1n) is 7.27. The number of nitrogens with one attached hydrogen (secondary N) is 1. The van der Waals surface area contributed by atoms with Gasteiger partial charge in [0.2, 0.25) is 0 Å². The Balaban J connectivity index is 2.57. The monoisotopic (exact) mass is 276 g/mol. The van der Waals surface area contributed by atoms with Crippen molar-refractivity contribution in [2.75, 3.05) is 6.61 Å². The second kappa shape index (κ2) is 6.29. The number of hydrogen-bond donors (Lipinski definition) is 2. The summed E-state index contributed by atoms with van der Waals surface area (Å²) in [5.74, 6) is 1.08. The van der Waals surface area contributed by atoms with Gasteiger partial charge >= 0.3 is 0 Å². The maximum absolute atomic E-state index is 7.52. The van der Waals surface area contributed by atoms with E-state index < -0.39 is 0 Å². The van der Waals surface area contributed by atoms with Crippen LogP contribution in [0.2, 0.25) is 0 Å². The van der Waals surface area contributed by atoms with Crippen LogP contribution in [-0.4, -0.2) is 12.4 Å². The fraction of sp³-hybridized carbons (Fsp3) is 0.588. The van der Waals surface area contributed by atoms with E-state index in [-0.39, 0.29) is 16.7 Å². The highest BCUT2D eigenvalue weighted by Gasteiger charge is 2.21. The molecule has 0 aromatic heterocycles. The van der Waals surface area contributed by atoms with Crippen LogP contribution in [0, 0.1) is 10.8 Å². The molecule has 3 heteroatoms. The van der Waals surface area contributed by atoms with Gasteiger partial charge in [0, 0.05) is 5.41 Å². The van der Waals surface area contributed by atoms with Crippen molar-refractivity contribution in [1.82, 2.24) is 0 Å². The van der Waals surface area contributed by atoms with E-state index in [0.29, 0.717) is 6.61 Å². The lowest BCUT2D eigenvalue weighted by Crippen LogP contribution is -2.32. The van der Waals surface area contributed by atoms with Gasteiger partial charge in [-0.1, -0.05) is 46.8 Å². The van der Waals surface area contributed by atoms with Crippen LogP contribution in [0.25, 0.3) is 0 Å². The summed E-state index contributed by atoms with van der Waals surface area (Å²) in [4.78, 5) is 0. The highest BCUT2D eigenvalue weighted by atomic mass is 16.5. The zero-order valence-electron chi connectivity index (χ0n) is 13.4. The lowest BCUT2D eigenvalue weighted by molar-refractivity contribution is 0.268. The fourth-order valence-electron chi connectivity index (χ4n) is 1.77. The number of amidine groups is 1. The standard InChI is InChI=1S/C17H28N2O/c1-6-16(2,3)13-7-9-14(10-8-13)20-12-11-17(4,5)15(18)19/h7-10H,6,11-12H2,1-5H3,(H3,18,19). The predicted octanol–water partition coefficient (Wildman–Crippen LogP) is 4.11. The molecule has 0 saturated heterocycles. The second-order valence-electron chi connectivity index (χ2n) is 6.66. The van der Waals surface area contributed by atoms with Crippen LogP contribution < -0.4 is 10.5 Å². The van der Waals surface area contributed by atoms with E-state index in [0.717, 1.165) is 18.6 Å². The molecule has 0 heterocycles. The van der Waals surface area contributed by atoms with Crippen molar-refractivity contribution < 1.29 is 4.74 Å². The molecule has 0 unspecified atom stereocenters. The predicted molar refractivity (Wildman–Crippen MR) is 85.6 cm³/mol. The smallest absolute Gasteiger partial charge is 0.119 e. The van der Waals surface area contributed by atoms with E-state index >= 15 is 0 Å². The van der Waals surface area contributed by atoms with E-state index in [1.165, 1.54) is 5.56 Å². The van der Waals surface area contributed by atoms with Crippen molar-refractivity contribution in [3.63, 3.8) is 0 Å². The van der Waals surface area contributed by atoms with Gasteiger partial charge in [-0.15, -0.1) is 0 Å². The Morgan fingerprint density at radius 3 is 2.15 bits per heavy atom. The molecule has 0 bridgehead atoms. The third kappa shape index (κ3) is 4.26. The van der Waals surface area contributed by atoms with Crippen LogP contribution in [0.5, 0.6) is 5.75 Å². The number of ether oxygens (including phenoxy) is 1. The minimum absolute atomic E-state index is 0.204. The molecule has 0 fully saturated rings. The molecule has 0 aliphatic heterocycles. The SMILES string of the molecule is CCC(C)(C)c1ccc(OCCC(C)(C)C(=N)N)cc1.